The Morgan fingerprint density at radius 1 is 1.67 bits per heavy atom. The highest BCUT2D eigenvalue weighted by Gasteiger charge is 2.16. The van der Waals surface area contributed by atoms with Gasteiger partial charge in [0.2, 0.25) is 0 Å². The van der Waals surface area contributed by atoms with Crippen LogP contribution in [0.5, 0.6) is 0 Å². The van der Waals surface area contributed by atoms with Gasteiger partial charge in [-0.05, 0) is 12.1 Å². The Balaban J connectivity index is 1.88. The molecule has 0 saturated carbocycles. The van der Waals surface area contributed by atoms with Crippen molar-refractivity contribution in [3.05, 3.63) is 18.3 Å². The predicted octanol–water partition coefficient (Wildman–Crippen LogP) is -0.0988. The maximum Gasteiger partial charge on any atom is 0.151 e. The van der Waals surface area contributed by atoms with E-state index in [2.05, 4.69) is 20.4 Å². The van der Waals surface area contributed by atoms with Gasteiger partial charge >= 0.3 is 0 Å². The Bertz CT molecular complexity index is 287. The third-order valence-corrected chi connectivity index (χ3v) is 2.43. The van der Waals surface area contributed by atoms with E-state index in [-0.39, 0.29) is 6.10 Å². The van der Waals surface area contributed by atoms with Gasteiger partial charge in [0.1, 0.15) is 0 Å². The number of likely N-dealkylation sites (N-methyl/N-ethyl adjacent to an activating group) is 1. The lowest BCUT2D eigenvalue weighted by atomic mass is 10.3. The fraction of sp³-hybridized carbons (Fsp3) is 0.600. The molecule has 2 heterocycles. The van der Waals surface area contributed by atoms with Crippen molar-refractivity contribution < 1.29 is 4.74 Å². The van der Waals surface area contributed by atoms with Crippen molar-refractivity contribution in [1.29, 1.82) is 0 Å². The number of nitrogens with one attached hydrogen (secondary N) is 1. The first-order valence-corrected chi connectivity index (χ1v) is 5.17. The maximum absolute atomic E-state index is 5.62. The third kappa shape index (κ3) is 2.87. The Morgan fingerprint density at radius 2 is 2.60 bits per heavy atom. The van der Waals surface area contributed by atoms with Crippen LogP contribution in [0.1, 0.15) is 0 Å². The molecule has 5 nitrogen and oxygen atoms in total. The number of rotatable bonds is 3. The van der Waals surface area contributed by atoms with Gasteiger partial charge in [-0.3, -0.25) is 0 Å². The minimum Gasteiger partial charge on any atom is -0.374 e. The van der Waals surface area contributed by atoms with Gasteiger partial charge in [-0.25, -0.2) is 0 Å². The molecule has 1 aliphatic rings. The summed E-state index contributed by atoms with van der Waals surface area (Å²) in [6.07, 6.45) is 1.92. The molecule has 82 valence electrons. The van der Waals surface area contributed by atoms with Crippen LogP contribution in [0.3, 0.4) is 0 Å². The first-order valence-electron chi connectivity index (χ1n) is 5.17. The summed E-state index contributed by atoms with van der Waals surface area (Å²) in [4.78, 5) is 2.06. The van der Waals surface area contributed by atoms with Gasteiger partial charge in [-0.2, -0.15) is 5.10 Å². The predicted molar refractivity (Wildman–Crippen MR) is 57.9 cm³/mol. The summed E-state index contributed by atoms with van der Waals surface area (Å²) in [6.45, 7) is 3.49. The summed E-state index contributed by atoms with van der Waals surface area (Å²) in [5.41, 5.74) is 0. The van der Waals surface area contributed by atoms with Gasteiger partial charge in [-0.1, -0.05) is 0 Å². The highest BCUT2D eigenvalue weighted by molar-refractivity contribution is 5.35. The van der Waals surface area contributed by atoms with E-state index in [1.807, 2.05) is 19.2 Å². The molecule has 15 heavy (non-hydrogen) atoms. The number of hydrogen-bond donors (Lipinski definition) is 1. The zero-order chi connectivity index (χ0) is 10.5. The highest BCUT2D eigenvalue weighted by atomic mass is 16.5. The second-order valence-corrected chi connectivity index (χ2v) is 3.66. The van der Waals surface area contributed by atoms with Gasteiger partial charge in [0.05, 0.1) is 12.7 Å². The summed E-state index contributed by atoms with van der Waals surface area (Å²) in [7, 11) is 2.00. The van der Waals surface area contributed by atoms with Crippen molar-refractivity contribution in [2.75, 3.05) is 38.2 Å². The quantitative estimate of drug-likeness (QED) is 0.752. The van der Waals surface area contributed by atoms with Crippen LogP contribution >= 0.6 is 0 Å². The second-order valence-electron chi connectivity index (χ2n) is 3.66. The first kappa shape index (κ1) is 10.3. The molecule has 1 aliphatic heterocycles. The molecule has 0 spiro atoms. The van der Waals surface area contributed by atoms with E-state index >= 15 is 0 Å². The zero-order valence-corrected chi connectivity index (χ0v) is 8.89. The zero-order valence-electron chi connectivity index (χ0n) is 8.89. The molecule has 1 N–H and O–H groups in total. The lowest BCUT2D eigenvalue weighted by molar-refractivity contribution is 0.0339. The Labute approximate surface area is 89.4 Å². The molecule has 0 aliphatic carbocycles. The number of morpholine rings is 1. The molecule has 1 saturated heterocycles. The monoisotopic (exact) mass is 208 g/mol. The summed E-state index contributed by atoms with van der Waals surface area (Å²) in [6, 6.07) is 3.84. The Morgan fingerprint density at radius 3 is 3.27 bits per heavy atom. The normalized spacial score (nSPS) is 21.3. The molecule has 1 aromatic heterocycles. The van der Waals surface area contributed by atoms with Gasteiger partial charge in [0.15, 0.2) is 5.82 Å². The fourth-order valence-electron chi connectivity index (χ4n) is 1.63. The van der Waals surface area contributed by atoms with Crippen LogP contribution in [0.4, 0.5) is 5.82 Å². The lowest BCUT2D eigenvalue weighted by Crippen LogP contribution is -2.44. The van der Waals surface area contributed by atoms with Crippen molar-refractivity contribution in [2.45, 2.75) is 6.10 Å². The molecule has 1 fully saturated rings. The van der Waals surface area contributed by atoms with Crippen LogP contribution in [-0.4, -0.2) is 49.6 Å². The molecule has 0 bridgehead atoms. The second kappa shape index (κ2) is 5.04. The van der Waals surface area contributed by atoms with Crippen LogP contribution < -0.4 is 10.2 Å². The van der Waals surface area contributed by atoms with Crippen molar-refractivity contribution in [3.8, 4) is 0 Å². The lowest BCUT2D eigenvalue weighted by Gasteiger charge is -2.28. The van der Waals surface area contributed by atoms with Crippen molar-refractivity contribution in [1.82, 2.24) is 15.5 Å². The van der Waals surface area contributed by atoms with E-state index in [9.17, 15) is 0 Å². The van der Waals surface area contributed by atoms with Crippen LogP contribution in [0, 0.1) is 0 Å². The van der Waals surface area contributed by atoms with E-state index in [4.69, 9.17) is 4.74 Å². The van der Waals surface area contributed by atoms with E-state index in [1.165, 1.54) is 0 Å². The standard InChI is InChI=1S/C10H16N4O/c1-14(10-3-2-4-12-13-10)8-9-7-11-5-6-15-9/h2-4,9,11H,5-8H2,1H3/t9-/m1/s1. The smallest absolute Gasteiger partial charge is 0.151 e. The Kier molecular flexibility index (Phi) is 3.47. The number of ether oxygens (including phenoxy) is 1. The molecule has 0 radical (unpaired) electrons. The molecule has 1 atom stereocenters. The molecular formula is C10H16N4O. The molecule has 1 aromatic rings. The van der Waals surface area contributed by atoms with Gasteiger partial charge < -0.3 is 15.0 Å². The van der Waals surface area contributed by atoms with Crippen molar-refractivity contribution in [3.63, 3.8) is 0 Å². The van der Waals surface area contributed by atoms with Crippen LogP contribution in [0.2, 0.25) is 0 Å². The first-order chi connectivity index (χ1) is 7.36. The van der Waals surface area contributed by atoms with Crippen LogP contribution in [0.25, 0.3) is 0 Å². The van der Waals surface area contributed by atoms with Crippen LogP contribution in [0.15, 0.2) is 18.3 Å². The van der Waals surface area contributed by atoms with E-state index in [1.54, 1.807) is 6.20 Å². The summed E-state index contributed by atoms with van der Waals surface area (Å²) in [5, 5.41) is 11.2. The maximum atomic E-state index is 5.62. The molecular weight excluding hydrogens is 192 g/mol. The number of anilines is 1. The number of nitrogens with zero attached hydrogens (tertiary/aromatic N) is 3. The molecule has 0 amide bonds. The summed E-state index contributed by atoms with van der Waals surface area (Å²) in [5.74, 6) is 0.881. The minimum atomic E-state index is 0.241. The number of hydrogen-bond acceptors (Lipinski definition) is 5. The highest BCUT2D eigenvalue weighted by Crippen LogP contribution is 2.07. The molecule has 5 heteroatoms. The van der Waals surface area contributed by atoms with Gasteiger partial charge in [0.25, 0.3) is 0 Å². The summed E-state index contributed by atoms with van der Waals surface area (Å²) >= 11 is 0. The largest absolute Gasteiger partial charge is 0.374 e. The SMILES string of the molecule is CN(C[C@H]1CNCCO1)c1cccnn1. The van der Waals surface area contributed by atoms with Gasteiger partial charge in [-0.15, -0.1) is 5.10 Å². The average Bonchev–Trinajstić information content (AvgIpc) is 2.31. The van der Waals surface area contributed by atoms with Crippen molar-refractivity contribution in [2.24, 2.45) is 0 Å². The fourth-order valence-corrected chi connectivity index (χ4v) is 1.63. The average molecular weight is 208 g/mol. The number of aromatic nitrogens is 2. The minimum absolute atomic E-state index is 0.241. The Hall–Kier alpha value is -1.20. The van der Waals surface area contributed by atoms with E-state index in [0.717, 1.165) is 32.1 Å². The third-order valence-electron chi connectivity index (χ3n) is 2.43. The topological polar surface area (TPSA) is 50.3 Å². The van der Waals surface area contributed by atoms with Crippen LogP contribution in [-0.2, 0) is 4.74 Å². The van der Waals surface area contributed by atoms with E-state index < -0.39 is 0 Å². The van der Waals surface area contributed by atoms with Crippen molar-refractivity contribution >= 4 is 5.82 Å². The molecule has 2 rings (SSSR count). The van der Waals surface area contributed by atoms with Gasteiger partial charge in [0, 0.05) is 32.9 Å². The van der Waals surface area contributed by atoms with E-state index in [0.29, 0.717) is 0 Å². The molecule has 0 aromatic carbocycles. The molecule has 0 unspecified atom stereocenters. The summed E-state index contributed by atoms with van der Waals surface area (Å²) < 4.78 is 5.62.